The van der Waals surface area contributed by atoms with Crippen molar-refractivity contribution in [1.82, 2.24) is 0 Å². The molecule has 0 saturated heterocycles. The maximum absolute atomic E-state index is 5.70. The molecule has 1 nitrogen and oxygen atoms in total. The van der Waals surface area contributed by atoms with E-state index in [2.05, 4.69) is 11.8 Å². The Balaban J connectivity index is 3.25. The predicted molar refractivity (Wildman–Crippen MR) is 47.5 cm³/mol. The summed E-state index contributed by atoms with van der Waals surface area (Å²) in [5, 5.41) is 1.19. The normalized spacial score (nSPS) is 9.82. The quantitative estimate of drug-likeness (QED) is 0.685. The molecule has 0 aliphatic rings. The van der Waals surface area contributed by atoms with Gasteiger partial charge in [-0.15, -0.1) is 0 Å². The fraction of sp³-hybridized carbons (Fsp3) is 0. The highest BCUT2D eigenvalue weighted by atomic mass is 35.5. The van der Waals surface area contributed by atoms with Crippen molar-refractivity contribution in [3.63, 3.8) is 0 Å². The first-order valence-corrected chi connectivity index (χ1v) is 3.85. The lowest BCUT2D eigenvalue weighted by Gasteiger charge is -2.04. The molecule has 59 valence electrons. The van der Waals surface area contributed by atoms with Gasteiger partial charge in [0.15, 0.2) is 5.75 Å². The van der Waals surface area contributed by atoms with Gasteiger partial charge in [0, 0.05) is 5.02 Å². The Morgan fingerprint density at radius 2 is 1.55 bits per heavy atom. The number of rotatable bonds is 1. The van der Waals surface area contributed by atoms with Crippen molar-refractivity contribution in [2.24, 2.45) is 0 Å². The first-order chi connectivity index (χ1) is 5.15. The lowest BCUT2D eigenvalue weighted by atomic mass is 10.3. The van der Waals surface area contributed by atoms with Gasteiger partial charge >= 0.3 is 0 Å². The summed E-state index contributed by atoms with van der Waals surface area (Å²) in [6, 6.07) is 3.07. The monoisotopic (exact) mass is 209 g/mol. The molecule has 1 radical (unpaired) electrons. The lowest BCUT2D eigenvalue weighted by Crippen LogP contribution is -1.82. The van der Waals surface area contributed by atoms with Crippen LogP contribution < -0.4 is 4.74 Å². The fourth-order valence-electron chi connectivity index (χ4n) is 0.667. The van der Waals surface area contributed by atoms with E-state index in [0.717, 1.165) is 0 Å². The van der Waals surface area contributed by atoms with Gasteiger partial charge in [-0.05, 0) is 12.1 Å². The van der Waals surface area contributed by atoms with Crippen LogP contribution in [0.2, 0.25) is 15.1 Å². The average molecular weight is 210 g/mol. The van der Waals surface area contributed by atoms with E-state index in [0.29, 0.717) is 20.8 Å². The van der Waals surface area contributed by atoms with E-state index in [1.165, 1.54) is 12.1 Å². The minimum atomic E-state index is 0.345. The van der Waals surface area contributed by atoms with E-state index >= 15 is 0 Å². The Morgan fingerprint density at radius 1 is 1.09 bits per heavy atom. The number of hydrogen-bond acceptors (Lipinski definition) is 1. The fourth-order valence-corrected chi connectivity index (χ4v) is 1.59. The molecule has 0 spiro atoms. The molecule has 4 heteroatoms. The first kappa shape index (κ1) is 8.98. The zero-order chi connectivity index (χ0) is 8.43. The highest BCUT2D eigenvalue weighted by Crippen LogP contribution is 2.35. The highest BCUT2D eigenvalue weighted by Gasteiger charge is 2.06. The lowest BCUT2D eigenvalue weighted by molar-refractivity contribution is 0.473. The summed E-state index contributed by atoms with van der Waals surface area (Å²) < 4.78 is 4.66. The molecule has 0 unspecified atom stereocenters. The van der Waals surface area contributed by atoms with Crippen molar-refractivity contribution in [2.45, 2.75) is 0 Å². The summed E-state index contributed by atoms with van der Waals surface area (Å²) in [5.74, 6) is 0.345. The number of ether oxygens (including phenoxy) is 1. The Kier molecular flexibility index (Phi) is 2.88. The molecular weight excluding hydrogens is 206 g/mol. The second-order valence-corrected chi connectivity index (χ2v) is 3.09. The third-order valence-corrected chi connectivity index (χ3v) is 1.89. The van der Waals surface area contributed by atoms with Crippen molar-refractivity contribution in [2.75, 3.05) is 0 Å². The molecule has 1 aromatic rings. The summed E-state index contributed by atoms with van der Waals surface area (Å²) in [6.45, 7) is 0. The molecule has 0 heterocycles. The van der Waals surface area contributed by atoms with Crippen LogP contribution in [0, 0.1) is 7.11 Å². The van der Waals surface area contributed by atoms with Crippen LogP contribution in [-0.2, 0) is 0 Å². The van der Waals surface area contributed by atoms with Gasteiger partial charge in [0.1, 0.15) is 7.11 Å². The molecule has 0 aliphatic carbocycles. The van der Waals surface area contributed by atoms with E-state index in [4.69, 9.17) is 34.8 Å². The van der Waals surface area contributed by atoms with Gasteiger partial charge < -0.3 is 4.74 Å². The SMILES string of the molecule is [CH2]Oc1c(Cl)cc(Cl)cc1Cl. The molecule has 0 fully saturated rings. The largest absolute Gasteiger partial charge is 0.487 e. The van der Waals surface area contributed by atoms with Gasteiger partial charge in [-0.2, -0.15) is 0 Å². The number of benzene rings is 1. The summed E-state index contributed by atoms with van der Waals surface area (Å²) >= 11 is 17.0. The van der Waals surface area contributed by atoms with Crippen LogP contribution in [-0.4, -0.2) is 0 Å². The van der Waals surface area contributed by atoms with Crippen molar-refractivity contribution in [1.29, 1.82) is 0 Å². The molecule has 0 N–H and O–H groups in total. The Hall–Kier alpha value is -0.110. The molecule has 0 aliphatic heterocycles. The molecule has 0 aromatic heterocycles. The van der Waals surface area contributed by atoms with Gasteiger partial charge in [0.05, 0.1) is 10.0 Å². The zero-order valence-corrected chi connectivity index (χ0v) is 7.67. The first-order valence-electron chi connectivity index (χ1n) is 2.71. The van der Waals surface area contributed by atoms with Gasteiger partial charge in [0.25, 0.3) is 0 Å². The standard InChI is InChI=1S/C7H4Cl3O/c1-11-7-5(9)2-4(8)3-6(7)10/h2-3H,1H2. The molecule has 0 amide bonds. The van der Waals surface area contributed by atoms with Crippen molar-refractivity contribution in [3.05, 3.63) is 34.3 Å². The van der Waals surface area contributed by atoms with E-state index < -0.39 is 0 Å². The second kappa shape index (κ2) is 3.53. The minimum absolute atomic E-state index is 0.345. The Morgan fingerprint density at radius 3 is 1.91 bits per heavy atom. The van der Waals surface area contributed by atoms with E-state index in [1.807, 2.05) is 0 Å². The molecular formula is C7H4Cl3O. The summed E-state index contributed by atoms with van der Waals surface area (Å²) in [4.78, 5) is 0. The summed E-state index contributed by atoms with van der Waals surface area (Å²) in [5.41, 5.74) is 0. The Labute approximate surface area is 79.8 Å². The van der Waals surface area contributed by atoms with Crippen LogP contribution in [0.25, 0.3) is 0 Å². The van der Waals surface area contributed by atoms with Crippen LogP contribution in [0.3, 0.4) is 0 Å². The van der Waals surface area contributed by atoms with Crippen molar-refractivity contribution >= 4 is 34.8 Å². The number of halogens is 3. The highest BCUT2D eigenvalue weighted by molar-refractivity contribution is 6.40. The van der Waals surface area contributed by atoms with Crippen LogP contribution in [0.1, 0.15) is 0 Å². The maximum Gasteiger partial charge on any atom is 0.156 e. The molecule has 1 aromatic carbocycles. The van der Waals surface area contributed by atoms with Crippen molar-refractivity contribution < 1.29 is 4.74 Å². The van der Waals surface area contributed by atoms with Crippen molar-refractivity contribution in [3.8, 4) is 5.75 Å². The van der Waals surface area contributed by atoms with E-state index in [1.54, 1.807) is 0 Å². The van der Waals surface area contributed by atoms with Crippen LogP contribution in [0.4, 0.5) is 0 Å². The molecule has 0 bridgehead atoms. The predicted octanol–water partition coefficient (Wildman–Crippen LogP) is 3.82. The molecule has 0 saturated carbocycles. The second-order valence-electron chi connectivity index (χ2n) is 1.84. The number of hydrogen-bond donors (Lipinski definition) is 0. The third kappa shape index (κ3) is 1.92. The zero-order valence-electron chi connectivity index (χ0n) is 5.40. The van der Waals surface area contributed by atoms with E-state index in [9.17, 15) is 0 Å². The van der Waals surface area contributed by atoms with E-state index in [-0.39, 0.29) is 0 Å². The molecule has 0 atom stereocenters. The Bertz CT molecular complexity index is 249. The van der Waals surface area contributed by atoms with Crippen LogP contribution in [0.15, 0.2) is 12.1 Å². The minimum Gasteiger partial charge on any atom is -0.487 e. The van der Waals surface area contributed by atoms with Crippen LogP contribution in [0.5, 0.6) is 5.75 Å². The molecule has 11 heavy (non-hydrogen) atoms. The summed E-state index contributed by atoms with van der Waals surface area (Å²) in [6.07, 6.45) is 0. The molecule has 1 rings (SSSR count). The van der Waals surface area contributed by atoms with Gasteiger partial charge in [0.2, 0.25) is 0 Å². The average Bonchev–Trinajstić information content (AvgIpc) is 1.85. The van der Waals surface area contributed by atoms with Gasteiger partial charge in [-0.3, -0.25) is 0 Å². The van der Waals surface area contributed by atoms with Gasteiger partial charge in [-0.25, -0.2) is 0 Å². The smallest absolute Gasteiger partial charge is 0.156 e. The van der Waals surface area contributed by atoms with Gasteiger partial charge in [-0.1, -0.05) is 34.8 Å². The van der Waals surface area contributed by atoms with Crippen LogP contribution >= 0.6 is 34.8 Å². The topological polar surface area (TPSA) is 9.23 Å². The summed E-state index contributed by atoms with van der Waals surface area (Å²) in [7, 11) is 3.20. The maximum atomic E-state index is 5.70. The third-order valence-electron chi connectivity index (χ3n) is 1.11.